The van der Waals surface area contributed by atoms with Gasteiger partial charge in [-0.1, -0.05) is 6.07 Å². The van der Waals surface area contributed by atoms with Gasteiger partial charge in [-0.25, -0.2) is 31.4 Å². The number of amidine groups is 1. The number of benzene rings is 1. The van der Waals surface area contributed by atoms with Crippen molar-refractivity contribution in [1.29, 1.82) is 0 Å². The quantitative estimate of drug-likeness (QED) is 0.513. The van der Waals surface area contributed by atoms with E-state index in [1.165, 1.54) is 36.6 Å². The molecule has 2 aromatic rings. The van der Waals surface area contributed by atoms with Gasteiger partial charge in [0.15, 0.2) is 10.8 Å². The predicted octanol–water partition coefficient (Wildman–Crippen LogP) is 3.12. The minimum Gasteiger partial charge on any atom is -0.466 e. The first-order valence-electron chi connectivity index (χ1n) is 10.6. The Bertz CT molecular complexity index is 1300. The van der Waals surface area contributed by atoms with Crippen molar-refractivity contribution in [3.8, 4) is 0 Å². The number of thiazole rings is 1. The van der Waals surface area contributed by atoms with Gasteiger partial charge in [0.1, 0.15) is 11.9 Å². The predicted molar refractivity (Wildman–Crippen MR) is 124 cm³/mol. The third-order valence-electron chi connectivity index (χ3n) is 5.95. The first-order chi connectivity index (χ1) is 16.5. The molecule has 1 fully saturated rings. The largest absolute Gasteiger partial charge is 0.466 e. The second-order valence-corrected chi connectivity index (χ2v) is 11.1. The van der Waals surface area contributed by atoms with Crippen molar-refractivity contribution in [3.63, 3.8) is 0 Å². The van der Waals surface area contributed by atoms with E-state index in [1.807, 2.05) is 0 Å². The Balaban J connectivity index is 1.90. The van der Waals surface area contributed by atoms with Crippen LogP contribution < -0.4 is 0 Å². The summed E-state index contributed by atoms with van der Waals surface area (Å²) in [6, 6.07) is 2.37. The highest BCUT2D eigenvalue weighted by Crippen LogP contribution is 2.42. The molecular weight excluding hydrogens is 505 g/mol. The number of rotatable bonds is 7. The van der Waals surface area contributed by atoms with Crippen molar-refractivity contribution in [1.82, 2.24) is 14.2 Å². The molecular formula is C22H23F3N4O4S2. The maximum atomic E-state index is 13.8. The Morgan fingerprint density at radius 1 is 1.37 bits per heavy atom. The van der Waals surface area contributed by atoms with Crippen LogP contribution in [0.3, 0.4) is 0 Å². The number of hydrogen-bond donors (Lipinski definition) is 0. The van der Waals surface area contributed by atoms with Crippen molar-refractivity contribution in [2.75, 3.05) is 26.5 Å². The zero-order valence-corrected chi connectivity index (χ0v) is 20.7. The van der Waals surface area contributed by atoms with E-state index < -0.39 is 46.9 Å². The van der Waals surface area contributed by atoms with Crippen molar-refractivity contribution in [2.45, 2.75) is 31.9 Å². The second kappa shape index (κ2) is 9.70. The molecule has 35 heavy (non-hydrogen) atoms. The van der Waals surface area contributed by atoms with Crippen LogP contribution in [0, 0.1) is 12.7 Å². The molecule has 2 aliphatic rings. The van der Waals surface area contributed by atoms with Crippen molar-refractivity contribution in [3.05, 3.63) is 63.0 Å². The van der Waals surface area contributed by atoms with Crippen molar-refractivity contribution in [2.24, 2.45) is 4.99 Å². The topological polar surface area (TPSA) is 92.2 Å². The normalized spacial score (nSPS) is 20.5. The molecule has 1 saturated heterocycles. The number of carbonyl (C=O) groups excluding carboxylic acids is 1. The minimum absolute atomic E-state index is 0.00313. The first-order valence-corrected chi connectivity index (χ1v) is 13.3. The number of halogens is 3. The van der Waals surface area contributed by atoms with Gasteiger partial charge in [0, 0.05) is 36.3 Å². The summed E-state index contributed by atoms with van der Waals surface area (Å²) >= 11 is 1.29. The van der Waals surface area contributed by atoms with Gasteiger partial charge in [0.2, 0.25) is 10.0 Å². The molecule has 188 valence electrons. The Morgan fingerprint density at radius 3 is 2.69 bits per heavy atom. The number of fused-ring (bicyclic) bond motifs is 1. The number of carbonyl (C=O) groups is 1. The summed E-state index contributed by atoms with van der Waals surface area (Å²) < 4.78 is 71.0. The average molecular weight is 529 g/mol. The molecule has 0 aliphatic carbocycles. The number of hydrogen-bond acceptors (Lipinski definition) is 8. The van der Waals surface area contributed by atoms with E-state index in [-0.39, 0.29) is 18.5 Å². The summed E-state index contributed by atoms with van der Waals surface area (Å²) in [5.41, 5.74) is 1.68. The third-order valence-corrected chi connectivity index (χ3v) is 8.01. The van der Waals surface area contributed by atoms with E-state index in [2.05, 4.69) is 4.98 Å². The standard InChI is InChI=1S/C22H23F3N4O4S2/c1-12-8-13(23)4-5-15(12)19-18(22(30)33-2)16-9-14(29(11-17(24)25)35(3,31)32)10-28(16)20(27-19)21-26-6-7-34-21/h4-8,14,17,19H,9-11H2,1-3H3/t14-,19-/m0/s1. The lowest BCUT2D eigenvalue weighted by Crippen LogP contribution is -2.44. The highest BCUT2D eigenvalue weighted by molar-refractivity contribution is 7.88. The molecule has 3 heterocycles. The summed E-state index contributed by atoms with van der Waals surface area (Å²) in [6.07, 6.45) is -0.431. The van der Waals surface area contributed by atoms with Crippen LogP contribution in [0.5, 0.6) is 0 Å². The maximum Gasteiger partial charge on any atom is 0.338 e. The fourth-order valence-electron chi connectivity index (χ4n) is 4.50. The van der Waals surface area contributed by atoms with E-state index in [4.69, 9.17) is 9.73 Å². The van der Waals surface area contributed by atoms with Crippen LogP contribution in [-0.4, -0.2) is 73.3 Å². The molecule has 4 rings (SSSR count). The van der Waals surface area contributed by atoms with E-state index in [1.54, 1.807) is 23.4 Å². The van der Waals surface area contributed by atoms with Crippen LogP contribution in [0.2, 0.25) is 0 Å². The number of nitrogens with zero attached hydrogens (tertiary/aromatic N) is 4. The van der Waals surface area contributed by atoms with Crippen LogP contribution in [-0.2, 0) is 19.6 Å². The zero-order valence-electron chi connectivity index (χ0n) is 19.1. The van der Waals surface area contributed by atoms with Crippen molar-refractivity contribution >= 4 is 33.2 Å². The summed E-state index contributed by atoms with van der Waals surface area (Å²) in [6.45, 7) is 0.722. The molecule has 0 radical (unpaired) electrons. The van der Waals surface area contributed by atoms with E-state index in [0.717, 1.165) is 10.6 Å². The molecule has 1 aromatic carbocycles. The smallest absolute Gasteiger partial charge is 0.338 e. The van der Waals surface area contributed by atoms with Crippen LogP contribution in [0.25, 0.3) is 0 Å². The highest BCUT2D eigenvalue weighted by Gasteiger charge is 2.45. The monoisotopic (exact) mass is 528 g/mol. The Morgan fingerprint density at radius 2 is 2.11 bits per heavy atom. The number of methoxy groups -OCH3 is 1. The summed E-state index contributed by atoms with van der Waals surface area (Å²) in [5.74, 6) is -0.762. The van der Waals surface area contributed by atoms with Gasteiger partial charge in [0.05, 0.1) is 25.5 Å². The summed E-state index contributed by atoms with van der Waals surface area (Å²) in [4.78, 5) is 23.8. The number of alkyl halides is 2. The summed E-state index contributed by atoms with van der Waals surface area (Å²) in [5, 5.41) is 2.25. The molecule has 0 amide bonds. The number of sulfonamides is 1. The lowest BCUT2D eigenvalue weighted by atomic mass is 9.91. The fourth-order valence-corrected chi connectivity index (χ4v) is 6.21. The molecule has 1 aromatic heterocycles. The molecule has 0 saturated carbocycles. The second-order valence-electron chi connectivity index (χ2n) is 8.24. The van der Waals surface area contributed by atoms with Gasteiger partial charge in [-0.15, -0.1) is 11.3 Å². The molecule has 13 heteroatoms. The van der Waals surface area contributed by atoms with E-state index >= 15 is 0 Å². The van der Waals surface area contributed by atoms with Crippen LogP contribution in [0.4, 0.5) is 13.2 Å². The Labute approximate surface area is 204 Å². The van der Waals surface area contributed by atoms with Gasteiger partial charge in [-0.2, -0.15) is 4.31 Å². The maximum absolute atomic E-state index is 13.8. The molecule has 2 atom stereocenters. The fraction of sp³-hybridized carbons (Fsp3) is 0.409. The number of aliphatic imine (C=N–C) groups is 1. The highest BCUT2D eigenvalue weighted by atomic mass is 32.2. The molecule has 0 bridgehead atoms. The van der Waals surface area contributed by atoms with Crippen LogP contribution >= 0.6 is 11.3 Å². The van der Waals surface area contributed by atoms with Crippen LogP contribution in [0.1, 0.15) is 28.6 Å². The average Bonchev–Trinajstić information content (AvgIpc) is 3.45. The number of esters is 1. The Hall–Kier alpha value is -2.77. The SMILES string of the molecule is COC(=O)C1=C2C[C@H](N(CC(F)F)S(C)(=O)=O)CN2C(c2nccs2)=N[C@H]1c1ccc(F)cc1C. The zero-order chi connectivity index (χ0) is 25.5. The summed E-state index contributed by atoms with van der Waals surface area (Å²) in [7, 11) is -2.78. The van der Waals surface area contributed by atoms with Gasteiger partial charge >= 0.3 is 5.97 Å². The number of ether oxygens (including phenoxy) is 1. The molecule has 8 nitrogen and oxygen atoms in total. The van der Waals surface area contributed by atoms with E-state index in [0.29, 0.717) is 27.7 Å². The van der Waals surface area contributed by atoms with Gasteiger partial charge in [-0.3, -0.25) is 4.99 Å². The molecule has 0 unspecified atom stereocenters. The lowest BCUT2D eigenvalue weighted by Gasteiger charge is -2.32. The van der Waals surface area contributed by atoms with E-state index in [9.17, 15) is 26.4 Å². The van der Waals surface area contributed by atoms with Gasteiger partial charge in [0.25, 0.3) is 6.43 Å². The van der Waals surface area contributed by atoms with Crippen LogP contribution in [0.15, 0.2) is 46.0 Å². The first kappa shape index (κ1) is 25.3. The lowest BCUT2D eigenvalue weighted by molar-refractivity contribution is -0.136. The molecule has 2 aliphatic heterocycles. The number of aryl methyl sites for hydroxylation is 1. The number of aromatic nitrogens is 1. The Kier molecular flexibility index (Phi) is 7.02. The minimum atomic E-state index is -3.98. The van der Waals surface area contributed by atoms with Gasteiger partial charge < -0.3 is 9.64 Å². The molecule has 0 spiro atoms. The van der Waals surface area contributed by atoms with Crippen molar-refractivity contribution < 1.29 is 31.1 Å². The third kappa shape index (κ3) is 4.98. The van der Waals surface area contributed by atoms with Gasteiger partial charge in [-0.05, 0) is 30.2 Å². The molecule has 0 N–H and O–H groups in total.